The number of hydrogen-bond acceptors (Lipinski definition) is 2. The minimum absolute atomic E-state index is 0.209. The minimum Gasteiger partial charge on any atom is -0.451 e. The van der Waals surface area contributed by atoms with Crippen LogP contribution >= 0.6 is 34.8 Å². The number of halogens is 3. The molecule has 0 spiro atoms. The summed E-state index contributed by atoms with van der Waals surface area (Å²) in [6.45, 7) is 0. The molecule has 74 valence electrons. The molecule has 2 rings (SSSR count). The van der Waals surface area contributed by atoms with Crippen molar-refractivity contribution in [2.24, 2.45) is 7.05 Å². The lowest BCUT2D eigenvalue weighted by molar-refractivity contribution is 0.570. The summed E-state index contributed by atoms with van der Waals surface area (Å²) in [5, 5.41) is 5.09. The average Bonchev–Trinajstić information content (AvgIpc) is 2.60. The molecule has 0 amide bonds. The lowest BCUT2D eigenvalue weighted by atomic mass is 10.2. The number of aryl methyl sites for hydroxylation is 1. The Labute approximate surface area is 95.2 Å². The van der Waals surface area contributed by atoms with Gasteiger partial charge < -0.3 is 4.42 Å². The monoisotopic (exact) mass is 250 g/mol. The Morgan fingerprint density at radius 2 is 2.00 bits per heavy atom. The summed E-state index contributed by atoms with van der Waals surface area (Å²) in [5.41, 5.74) is 1.22. The van der Waals surface area contributed by atoms with E-state index >= 15 is 0 Å². The summed E-state index contributed by atoms with van der Waals surface area (Å²) < 4.78 is 6.55. The van der Waals surface area contributed by atoms with Crippen molar-refractivity contribution in [3.8, 4) is 11.3 Å². The number of hydrogen-bond donors (Lipinski definition) is 0. The average molecular weight is 252 g/mol. The first kappa shape index (κ1) is 9.90. The quantitative estimate of drug-likeness (QED) is 0.775. The smallest absolute Gasteiger partial charge is 0.204 e. The molecule has 0 unspecified atom stereocenters. The molecule has 0 bridgehead atoms. The van der Waals surface area contributed by atoms with Crippen LogP contribution in [-0.2, 0) is 7.05 Å². The second-order valence-electron chi connectivity index (χ2n) is 2.70. The van der Waals surface area contributed by atoms with Crippen LogP contribution in [0.5, 0.6) is 0 Å². The van der Waals surface area contributed by atoms with E-state index in [1.54, 1.807) is 11.7 Å². The van der Waals surface area contributed by atoms with Gasteiger partial charge in [-0.3, -0.25) is 4.68 Å². The van der Waals surface area contributed by atoms with Gasteiger partial charge in [0.15, 0.2) is 0 Å². The van der Waals surface area contributed by atoms with Gasteiger partial charge in [-0.25, -0.2) is 0 Å². The minimum atomic E-state index is 0.209. The van der Waals surface area contributed by atoms with Gasteiger partial charge in [0.25, 0.3) is 0 Å². The molecule has 0 aliphatic rings. The van der Waals surface area contributed by atoms with Crippen LogP contribution in [0.25, 0.3) is 11.3 Å². The van der Waals surface area contributed by atoms with Gasteiger partial charge in [-0.15, -0.1) is 0 Å². The van der Waals surface area contributed by atoms with Crippen LogP contribution in [0, 0.1) is 0 Å². The molecular formula is C8H5Cl3N2O. The highest BCUT2D eigenvalue weighted by molar-refractivity contribution is 6.40. The van der Waals surface area contributed by atoms with Crippen molar-refractivity contribution in [3.63, 3.8) is 0 Å². The highest BCUT2D eigenvalue weighted by atomic mass is 35.5. The van der Waals surface area contributed by atoms with E-state index in [1.165, 1.54) is 12.5 Å². The van der Waals surface area contributed by atoms with Gasteiger partial charge in [0.2, 0.25) is 5.22 Å². The molecule has 0 fully saturated rings. The molecule has 3 nitrogen and oxygen atoms in total. The lowest BCUT2D eigenvalue weighted by Gasteiger charge is -2.00. The van der Waals surface area contributed by atoms with Crippen LogP contribution in [0.4, 0.5) is 0 Å². The summed E-state index contributed by atoms with van der Waals surface area (Å²) in [7, 11) is 1.75. The normalized spacial score (nSPS) is 10.9. The number of nitrogens with zero attached hydrogens (tertiary/aromatic N) is 2. The van der Waals surface area contributed by atoms with Gasteiger partial charge in [0, 0.05) is 7.05 Å². The molecule has 14 heavy (non-hydrogen) atoms. The standard InChI is InChI=1S/C8H5Cl3N2O/c1-13-7(4(9)2-12-13)6-5(10)3-14-8(6)11/h2-3H,1H3. The van der Waals surface area contributed by atoms with Crippen LogP contribution in [0.3, 0.4) is 0 Å². The highest BCUT2D eigenvalue weighted by Gasteiger charge is 2.19. The van der Waals surface area contributed by atoms with Crippen molar-refractivity contribution in [3.05, 3.63) is 27.7 Å². The third-order valence-electron chi connectivity index (χ3n) is 1.83. The van der Waals surface area contributed by atoms with E-state index in [0.717, 1.165) is 0 Å². The Hall–Kier alpha value is -0.640. The topological polar surface area (TPSA) is 31.0 Å². The third-order valence-corrected chi connectivity index (χ3v) is 2.66. The van der Waals surface area contributed by atoms with E-state index in [9.17, 15) is 0 Å². The second-order valence-corrected chi connectivity index (χ2v) is 3.85. The first-order valence-electron chi connectivity index (χ1n) is 3.71. The van der Waals surface area contributed by atoms with Gasteiger partial charge in [-0.05, 0) is 11.6 Å². The fourth-order valence-corrected chi connectivity index (χ4v) is 1.98. The number of rotatable bonds is 1. The van der Waals surface area contributed by atoms with Gasteiger partial charge >= 0.3 is 0 Å². The summed E-state index contributed by atoms with van der Waals surface area (Å²) in [6, 6.07) is 0. The summed E-state index contributed by atoms with van der Waals surface area (Å²) in [5.74, 6) is 0. The Balaban J connectivity index is 2.71. The molecule has 2 aromatic rings. The van der Waals surface area contributed by atoms with Crippen LogP contribution in [0.2, 0.25) is 15.3 Å². The van der Waals surface area contributed by atoms with Gasteiger partial charge in [0.1, 0.15) is 6.26 Å². The maximum atomic E-state index is 5.94. The maximum Gasteiger partial charge on any atom is 0.204 e. The molecule has 0 saturated heterocycles. The van der Waals surface area contributed by atoms with Crippen molar-refractivity contribution in [2.75, 3.05) is 0 Å². The van der Waals surface area contributed by atoms with E-state index in [4.69, 9.17) is 39.2 Å². The summed E-state index contributed by atoms with van der Waals surface area (Å²) in [6.07, 6.45) is 2.89. The number of furan rings is 1. The van der Waals surface area contributed by atoms with E-state index in [1.807, 2.05) is 0 Å². The molecule has 2 aromatic heterocycles. The predicted molar refractivity (Wildman–Crippen MR) is 55.9 cm³/mol. The first-order chi connectivity index (χ1) is 6.61. The van der Waals surface area contributed by atoms with E-state index in [2.05, 4.69) is 5.10 Å². The van der Waals surface area contributed by atoms with Gasteiger partial charge in [0.05, 0.1) is 27.5 Å². The Morgan fingerprint density at radius 3 is 2.43 bits per heavy atom. The Morgan fingerprint density at radius 1 is 1.29 bits per heavy atom. The van der Waals surface area contributed by atoms with Crippen molar-refractivity contribution in [2.45, 2.75) is 0 Å². The van der Waals surface area contributed by atoms with Crippen LogP contribution in [0.1, 0.15) is 0 Å². The molecule has 0 N–H and O–H groups in total. The fraction of sp³-hybridized carbons (Fsp3) is 0.125. The van der Waals surface area contributed by atoms with Crippen molar-refractivity contribution in [1.29, 1.82) is 0 Å². The third kappa shape index (κ3) is 1.41. The van der Waals surface area contributed by atoms with Crippen molar-refractivity contribution in [1.82, 2.24) is 9.78 Å². The SMILES string of the molecule is Cn1ncc(Cl)c1-c1c(Cl)coc1Cl. The zero-order valence-corrected chi connectivity index (χ0v) is 9.36. The van der Waals surface area contributed by atoms with Crippen LogP contribution in [-0.4, -0.2) is 9.78 Å². The van der Waals surface area contributed by atoms with Crippen LogP contribution < -0.4 is 0 Å². The van der Waals surface area contributed by atoms with Gasteiger partial charge in [-0.1, -0.05) is 23.2 Å². The largest absolute Gasteiger partial charge is 0.451 e. The molecule has 0 atom stereocenters. The van der Waals surface area contributed by atoms with E-state index < -0.39 is 0 Å². The second kappa shape index (κ2) is 3.50. The molecule has 0 aliphatic heterocycles. The van der Waals surface area contributed by atoms with Crippen molar-refractivity contribution < 1.29 is 4.42 Å². The highest BCUT2D eigenvalue weighted by Crippen LogP contribution is 2.39. The maximum absolute atomic E-state index is 5.94. The van der Waals surface area contributed by atoms with Crippen LogP contribution in [0.15, 0.2) is 16.9 Å². The molecular weight excluding hydrogens is 246 g/mol. The molecule has 0 saturated carbocycles. The summed E-state index contributed by atoms with van der Waals surface area (Å²) in [4.78, 5) is 0. The first-order valence-corrected chi connectivity index (χ1v) is 4.85. The Bertz CT molecular complexity index is 392. The zero-order chi connectivity index (χ0) is 10.3. The molecule has 6 heteroatoms. The van der Waals surface area contributed by atoms with Crippen molar-refractivity contribution >= 4 is 34.8 Å². The molecule has 2 heterocycles. The molecule has 0 aromatic carbocycles. The molecule has 0 aliphatic carbocycles. The summed E-state index contributed by atoms with van der Waals surface area (Å²) >= 11 is 17.7. The number of aromatic nitrogens is 2. The van der Waals surface area contributed by atoms with E-state index in [0.29, 0.717) is 21.3 Å². The van der Waals surface area contributed by atoms with Gasteiger partial charge in [-0.2, -0.15) is 5.10 Å². The Kier molecular flexibility index (Phi) is 2.47. The lowest BCUT2D eigenvalue weighted by Crippen LogP contribution is -1.93. The predicted octanol–water partition coefficient (Wildman–Crippen LogP) is 3.64. The van der Waals surface area contributed by atoms with E-state index in [-0.39, 0.29) is 5.22 Å². The fourth-order valence-electron chi connectivity index (χ4n) is 1.21. The molecule has 0 radical (unpaired) electrons. The zero-order valence-electron chi connectivity index (χ0n) is 7.09.